The average Bonchev–Trinajstić information content (AvgIpc) is 2.60. The predicted octanol–water partition coefficient (Wildman–Crippen LogP) is 5.48. The van der Waals surface area contributed by atoms with E-state index in [0.717, 1.165) is 49.7 Å². The summed E-state index contributed by atoms with van der Waals surface area (Å²) in [6.45, 7) is 4.08. The Morgan fingerprint density at radius 3 is 1.48 bits per heavy atom. The van der Waals surface area contributed by atoms with Crippen molar-refractivity contribution in [1.29, 1.82) is 0 Å². The van der Waals surface area contributed by atoms with Gasteiger partial charge in [0.05, 0.1) is 10.5 Å². The zero-order chi connectivity index (χ0) is 15.9. The van der Waals surface area contributed by atoms with Crippen molar-refractivity contribution in [2.45, 2.75) is 75.7 Å². The van der Waals surface area contributed by atoms with Crippen LogP contribution in [0.4, 0.5) is 0 Å². The SMILES string of the molecule is CC1=C(C)C(CCCCCI)S(=O)(=O)C1CCCCCI. The summed E-state index contributed by atoms with van der Waals surface area (Å²) in [5.41, 5.74) is 2.28. The van der Waals surface area contributed by atoms with E-state index < -0.39 is 9.84 Å². The van der Waals surface area contributed by atoms with E-state index in [4.69, 9.17) is 0 Å². The van der Waals surface area contributed by atoms with Crippen LogP contribution in [-0.4, -0.2) is 27.8 Å². The Kier molecular flexibility index (Phi) is 9.72. The molecular weight excluding hydrogens is 510 g/mol. The molecule has 0 bridgehead atoms. The third-order valence-corrected chi connectivity index (χ3v) is 8.87. The van der Waals surface area contributed by atoms with Crippen molar-refractivity contribution in [3.8, 4) is 0 Å². The molecule has 0 N–H and O–H groups in total. The summed E-state index contributed by atoms with van der Waals surface area (Å²) in [5, 5.41) is -0.387. The number of unbranched alkanes of at least 4 members (excludes halogenated alkanes) is 4. The summed E-state index contributed by atoms with van der Waals surface area (Å²) in [6, 6.07) is 0. The first-order valence-corrected chi connectivity index (χ1v) is 12.6. The third kappa shape index (κ3) is 5.62. The van der Waals surface area contributed by atoms with E-state index in [1.54, 1.807) is 0 Å². The van der Waals surface area contributed by atoms with Gasteiger partial charge in [-0.25, -0.2) is 8.42 Å². The average molecular weight is 538 g/mol. The molecule has 0 aromatic rings. The first kappa shape index (κ1) is 20.2. The molecule has 1 rings (SSSR count). The predicted molar refractivity (Wildman–Crippen MR) is 110 cm³/mol. The minimum absolute atomic E-state index is 0.193. The number of hydrogen-bond donors (Lipinski definition) is 0. The first-order valence-electron chi connectivity index (χ1n) is 7.98. The molecule has 0 aromatic carbocycles. The van der Waals surface area contributed by atoms with Crippen LogP contribution in [0, 0.1) is 0 Å². The largest absolute Gasteiger partial charge is 0.228 e. The summed E-state index contributed by atoms with van der Waals surface area (Å²) >= 11 is 4.77. The Hall–Kier alpha value is 1.15. The highest BCUT2D eigenvalue weighted by molar-refractivity contribution is 14.1. The second-order valence-corrected chi connectivity index (χ2v) is 10.5. The maximum atomic E-state index is 12.8. The van der Waals surface area contributed by atoms with Crippen LogP contribution in [-0.2, 0) is 9.84 Å². The molecule has 21 heavy (non-hydrogen) atoms. The molecule has 2 nitrogen and oxygen atoms in total. The van der Waals surface area contributed by atoms with E-state index in [0.29, 0.717) is 0 Å². The molecule has 1 aliphatic heterocycles. The van der Waals surface area contributed by atoms with Gasteiger partial charge in [-0.05, 0) is 48.4 Å². The van der Waals surface area contributed by atoms with Gasteiger partial charge >= 0.3 is 0 Å². The third-order valence-electron chi connectivity index (χ3n) is 4.58. The van der Waals surface area contributed by atoms with Crippen LogP contribution in [0.3, 0.4) is 0 Å². The molecule has 2 atom stereocenters. The molecule has 0 radical (unpaired) electrons. The van der Waals surface area contributed by atoms with E-state index in [1.165, 1.54) is 21.7 Å². The van der Waals surface area contributed by atoms with Crippen molar-refractivity contribution in [3.63, 3.8) is 0 Å². The standard InChI is InChI=1S/C16H28I2O2S/c1-13-14(2)16(10-6-4-8-12-18)21(19,20)15(13)9-5-3-7-11-17/h15-16H,3-12H2,1-2H3. The second kappa shape index (κ2) is 10.1. The van der Waals surface area contributed by atoms with E-state index in [1.807, 2.05) is 13.8 Å². The summed E-state index contributed by atoms with van der Waals surface area (Å²) in [7, 11) is -2.98. The molecule has 0 fully saturated rings. The van der Waals surface area contributed by atoms with Crippen molar-refractivity contribution in [2.75, 3.05) is 8.86 Å². The second-order valence-electron chi connectivity index (χ2n) is 6.01. The fourth-order valence-corrected chi connectivity index (χ4v) is 6.99. The van der Waals surface area contributed by atoms with Gasteiger partial charge in [-0.1, -0.05) is 82.0 Å². The Bertz CT molecular complexity index is 409. The monoisotopic (exact) mass is 538 g/mol. The van der Waals surface area contributed by atoms with Crippen LogP contribution < -0.4 is 0 Å². The summed E-state index contributed by atoms with van der Waals surface area (Å²) in [5.74, 6) is 0. The van der Waals surface area contributed by atoms with Gasteiger partial charge in [0.1, 0.15) is 0 Å². The van der Waals surface area contributed by atoms with Gasteiger partial charge in [0.15, 0.2) is 9.84 Å². The highest BCUT2D eigenvalue weighted by atomic mass is 127. The normalized spacial score (nSPS) is 24.8. The number of alkyl halides is 2. The van der Waals surface area contributed by atoms with Crippen LogP contribution in [0.15, 0.2) is 11.1 Å². The van der Waals surface area contributed by atoms with E-state index in [2.05, 4.69) is 45.2 Å². The fourth-order valence-electron chi connectivity index (χ4n) is 3.16. The molecule has 1 heterocycles. The zero-order valence-corrected chi connectivity index (χ0v) is 18.3. The minimum Gasteiger partial charge on any atom is -0.228 e. The van der Waals surface area contributed by atoms with Crippen molar-refractivity contribution < 1.29 is 8.42 Å². The van der Waals surface area contributed by atoms with Gasteiger partial charge in [0, 0.05) is 0 Å². The van der Waals surface area contributed by atoms with Gasteiger partial charge in [-0.2, -0.15) is 0 Å². The van der Waals surface area contributed by atoms with Crippen molar-refractivity contribution in [3.05, 3.63) is 11.1 Å². The van der Waals surface area contributed by atoms with Gasteiger partial charge in [-0.15, -0.1) is 0 Å². The van der Waals surface area contributed by atoms with Gasteiger partial charge < -0.3 is 0 Å². The first-order chi connectivity index (χ1) is 9.96. The van der Waals surface area contributed by atoms with Gasteiger partial charge in [0.25, 0.3) is 0 Å². The lowest BCUT2D eigenvalue weighted by Gasteiger charge is -2.16. The fraction of sp³-hybridized carbons (Fsp3) is 0.875. The van der Waals surface area contributed by atoms with E-state index >= 15 is 0 Å². The maximum Gasteiger partial charge on any atom is 0.163 e. The number of rotatable bonds is 10. The molecule has 0 amide bonds. The van der Waals surface area contributed by atoms with Gasteiger partial charge in [0.2, 0.25) is 0 Å². The van der Waals surface area contributed by atoms with Crippen molar-refractivity contribution >= 4 is 55.0 Å². The molecule has 124 valence electrons. The molecule has 0 spiro atoms. The molecule has 0 aliphatic carbocycles. The number of sulfone groups is 1. The lowest BCUT2D eigenvalue weighted by atomic mass is 9.99. The van der Waals surface area contributed by atoms with Crippen LogP contribution in [0.25, 0.3) is 0 Å². The Morgan fingerprint density at radius 2 is 1.14 bits per heavy atom. The lowest BCUT2D eigenvalue weighted by Crippen LogP contribution is -2.26. The Balaban J connectivity index is 2.63. The smallest absolute Gasteiger partial charge is 0.163 e. The highest BCUT2D eigenvalue weighted by Gasteiger charge is 2.42. The van der Waals surface area contributed by atoms with Crippen LogP contribution in [0.5, 0.6) is 0 Å². The van der Waals surface area contributed by atoms with Crippen LogP contribution in [0.1, 0.15) is 65.2 Å². The zero-order valence-electron chi connectivity index (χ0n) is 13.2. The number of hydrogen-bond acceptors (Lipinski definition) is 2. The van der Waals surface area contributed by atoms with Gasteiger partial charge in [-0.3, -0.25) is 0 Å². The molecule has 0 saturated heterocycles. The summed E-state index contributed by atoms with van der Waals surface area (Å²) < 4.78 is 27.9. The van der Waals surface area contributed by atoms with Crippen LogP contribution >= 0.6 is 45.2 Å². The molecular formula is C16H28I2O2S. The Morgan fingerprint density at radius 1 is 0.762 bits per heavy atom. The van der Waals surface area contributed by atoms with E-state index in [9.17, 15) is 8.42 Å². The molecule has 0 saturated carbocycles. The molecule has 0 aromatic heterocycles. The minimum atomic E-state index is -2.98. The topological polar surface area (TPSA) is 34.1 Å². The van der Waals surface area contributed by atoms with Crippen molar-refractivity contribution in [1.82, 2.24) is 0 Å². The Labute approximate surface area is 158 Å². The summed E-state index contributed by atoms with van der Waals surface area (Å²) in [6.07, 6.45) is 8.45. The van der Waals surface area contributed by atoms with Crippen LogP contribution in [0.2, 0.25) is 0 Å². The number of halogens is 2. The highest BCUT2D eigenvalue weighted by Crippen LogP contribution is 2.38. The molecule has 5 heteroatoms. The molecule has 2 unspecified atom stereocenters. The quantitative estimate of drug-likeness (QED) is 0.160. The maximum absolute atomic E-state index is 12.8. The van der Waals surface area contributed by atoms with E-state index in [-0.39, 0.29) is 10.5 Å². The van der Waals surface area contributed by atoms with Crippen molar-refractivity contribution in [2.24, 2.45) is 0 Å². The summed E-state index contributed by atoms with van der Waals surface area (Å²) in [4.78, 5) is 0. The molecule has 1 aliphatic rings. The lowest BCUT2D eigenvalue weighted by molar-refractivity contribution is 0.563.